The molecule has 1 aromatic heterocycles. The Morgan fingerprint density at radius 1 is 1.41 bits per heavy atom. The van der Waals surface area contributed by atoms with E-state index >= 15 is 0 Å². The van der Waals surface area contributed by atoms with Gasteiger partial charge in [0.15, 0.2) is 11.5 Å². The first-order valence-corrected chi connectivity index (χ1v) is 5.12. The van der Waals surface area contributed by atoms with E-state index in [-0.39, 0.29) is 13.4 Å². The Hall–Kier alpha value is -1.82. The minimum Gasteiger partial charge on any atom is -0.493 e. The van der Waals surface area contributed by atoms with Gasteiger partial charge in [-0.15, -0.1) is 0 Å². The number of hydrogen-bond acceptors (Lipinski definition) is 6. The van der Waals surface area contributed by atoms with Crippen molar-refractivity contribution in [3.63, 3.8) is 0 Å². The maximum Gasteiger partial charge on any atom is 0.334 e. The standard InChI is InChI=1S/C11H15NO5/c1-3-15-7-11(13)17-8-16-10-6-12-5-4-9(10)14-2/h4-6H,3,7-8H2,1-2H3. The number of carbonyl (C=O) groups excluding carboxylic acids is 1. The van der Waals surface area contributed by atoms with E-state index in [1.54, 1.807) is 19.2 Å². The van der Waals surface area contributed by atoms with Gasteiger partial charge >= 0.3 is 5.97 Å². The number of esters is 1. The molecule has 0 atom stereocenters. The van der Waals surface area contributed by atoms with E-state index in [1.165, 1.54) is 13.3 Å². The molecule has 0 aliphatic heterocycles. The third kappa shape index (κ3) is 4.69. The number of rotatable bonds is 7. The summed E-state index contributed by atoms with van der Waals surface area (Å²) in [6.45, 7) is 1.98. The average Bonchev–Trinajstić information content (AvgIpc) is 2.37. The maximum atomic E-state index is 11.1. The van der Waals surface area contributed by atoms with E-state index in [0.717, 1.165) is 0 Å². The Labute approximate surface area is 99.5 Å². The minimum absolute atomic E-state index is 0.0793. The number of hydrogen-bond donors (Lipinski definition) is 0. The highest BCUT2D eigenvalue weighted by Crippen LogP contribution is 2.24. The number of aromatic nitrogens is 1. The van der Waals surface area contributed by atoms with Gasteiger partial charge < -0.3 is 18.9 Å². The van der Waals surface area contributed by atoms with Crippen molar-refractivity contribution < 1.29 is 23.7 Å². The van der Waals surface area contributed by atoms with Crippen LogP contribution in [0.15, 0.2) is 18.5 Å². The molecule has 0 radical (unpaired) electrons. The van der Waals surface area contributed by atoms with Crippen LogP contribution in [0.25, 0.3) is 0 Å². The van der Waals surface area contributed by atoms with Crippen molar-refractivity contribution in [1.29, 1.82) is 0 Å². The quantitative estimate of drug-likeness (QED) is 0.524. The molecule has 0 aromatic carbocycles. The monoisotopic (exact) mass is 241 g/mol. The van der Waals surface area contributed by atoms with E-state index in [1.807, 2.05) is 0 Å². The van der Waals surface area contributed by atoms with Gasteiger partial charge in [-0.05, 0) is 6.92 Å². The fraction of sp³-hybridized carbons (Fsp3) is 0.455. The predicted octanol–water partition coefficient (Wildman–Crippen LogP) is 1.01. The molecule has 6 nitrogen and oxygen atoms in total. The van der Waals surface area contributed by atoms with Crippen LogP contribution in [0.1, 0.15) is 6.92 Å². The van der Waals surface area contributed by atoms with Gasteiger partial charge in [0.25, 0.3) is 0 Å². The maximum absolute atomic E-state index is 11.1. The van der Waals surface area contributed by atoms with Crippen LogP contribution in [0.2, 0.25) is 0 Å². The van der Waals surface area contributed by atoms with Crippen LogP contribution in [0.3, 0.4) is 0 Å². The molecule has 94 valence electrons. The molecule has 0 bridgehead atoms. The third-order valence-electron chi connectivity index (χ3n) is 1.82. The minimum atomic E-state index is -0.477. The zero-order valence-corrected chi connectivity index (χ0v) is 9.84. The zero-order valence-electron chi connectivity index (χ0n) is 9.84. The van der Waals surface area contributed by atoms with E-state index in [0.29, 0.717) is 18.1 Å². The fourth-order valence-electron chi connectivity index (χ4n) is 1.03. The number of carbonyl (C=O) groups is 1. The van der Waals surface area contributed by atoms with Crippen molar-refractivity contribution in [1.82, 2.24) is 4.98 Å². The van der Waals surface area contributed by atoms with Crippen LogP contribution in [0.5, 0.6) is 11.5 Å². The summed E-state index contributed by atoms with van der Waals surface area (Å²) >= 11 is 0. The summed E-state index contributed by atoms with van der Waals surface area (Å²) in [7, 11) is 1.52. The average molecular weight is 241 g/mol. The molecule has 17 heavy (non-hydrogen) atoms. The summed E-state index contributed by atoms with van der Waals surface area (Å²) in [6.07, 6.45) is 3.06. The lowest BCUT2D eigenvalue weighted by atomic mass is 10.4. The van der Waals surface area contributed by atoms with Crippen LogP contribution in [0.4, 0.5) is 0 Å². The van der Waals surface area contributed by atoms with Crippen molar-refractivity contribution in [2.75, 3.05) is 27.1 Å². The van der Waals surface area contributed by atoms with Crippen molar-refractivity contribution in [2.24, 2.45) is 0 Å². The normalized spacial score (nSPS) is 9.76. The summed E-state index contributed by atoms with van der Waals surface area (Å²) in [5.74, 6) is 0.467. The van der Waals surface area contributed by atoms with Gasteiger partial charge in [-0.3, -0.25) is 4.98 Å². The molecule has 0 aliphatic carbocycles. The van der Waals surface area contributed by atoms with E-state index in [9.17, 15) is 4.79 Å². The number of pyridine rings is 1. The molecule has 0 saturated heterocycles. The number of ether oxygens (including phenoxy) is 4. The molecule has 0 spiro atoms. The SMILES string of the molecule is CCOCC(=O)OCOc1cnccc1OC. The van der Waals surface area contributed by atoms with E-state index in [4.69, 9.17) is 18.9 Å². The van der Waals surface area contributed by atoms with Gasteiger partial charge in [0.2, 0.25) is 6.79 Å². The molecule has 0 N–H and O–H groups in total. The second-order valence-corrected chi connectivity index (χ2v) is 2.94. The fourth-order valence-corrected chi connectivity index (χ4v) is 1.03. The lowest BCUT2D eigenvalue weighted by Gasteiger charge is -2.09. The van der Waals surface area contributed by atoms with E-state index in [2.05, 4.69) is 4.98 Å². The van der Waals surface area contributed by atoms with Crippen LogP contribution in [-0.4, -0.2) is 38.1 Å². The largest absolute Gasteiger partial charge is 0.493 e. The first-order chi connectivity index (χ1) is 8.27. The molecule has 0 unspecified atom stereocenters. The van der Waals surface area contributed by atoms with Crippen molar-refractivity contribution in [3.05, 3.63) is 18.5 Å². The number of methoxy groups -OCH3 is 1. The Balaban J connectivity index is 2.33. The van der Waals surface area contributed by atoms with Crippen LogP contribution >= 0.6 is 0 Å². The molecule has 0 amide bonds. The van der Waals surface area contributed by atoms with Gasteiger partial charge in [0.05, 0.1) is 13.3 Å². The Kier molecular flexibility index (Phi) is 5.81. The van der Waals surface area contributed by atoms with Crippen LogP contribution < -0.4 is 9.47 Å². The highest BCUT2D eigenvalue weighted by molar-refractivity contribution is 5.70. The lowest BCUT2D eigenvalue weighted by Crippen LogP contribution is -2.16. The lowest BCUT2D eigenvalue weighted by molar-refractivity contribution is -0.155. The molecule has 0 fully saturated rings. The summed E-state index contributed by atoms with van der Waals surface area (Å²) in [5, 5.41) is 0. The van der Waals surface area contributed by atoms with Crippen molar-refractivity contribution >= 4 is 5.97 Å². The Morgan fingerprint density at radius 2 is 2.24 bits per heavy atom. The van der Waals surface area contributed by atoms with Gasteiger partial charge in [0.1, 0.15) is 6.61 Å². The molecule has 1 aromatic rings. The Morgan fingerprint density at radius 3 is 2.94 bits per heavy atom. The van der Waals surface area contributed by atoms with Gasteiger partial charge in [-0.25, -0.2) is 4.79 Å². The number of nitrogens with zero attached hydrogens (tertiary/aromatic N) is 1. The van der Waals surface area contributed by atoms with Crippen LogP contribution in [0, 0.1) is 0 Å². The molecule has 6 heteroatoms. The van der Waals surface area contributed by atoms with Gasteiger partial charge in [-0.2, -0.15) is 0 Å². The first-order valence-electron chi connectivity index (χ1n) is 5.12. The first kappa shape index (κ1) is 13.2. The predicted molar refractivity (Wildman–Crippen MR) is 58.9 cm³/mol. The Bertz CT molecular complexity index is 355. The summed E-state index contributed by atoms with van der Waals surface area (Å²) in [6, 6.07) is 1.65. The van der Waals surface area contributed by atoms with E-state index < -0.39 is 5.97 Å². The molecular weight excluding hydrogens is 226 g/mol. The molecular formula is C11H15NO5. The summed E-state index contributed by atoms with van der Waals surface area (Å²) < 4.78 is 19.9. The molecule has 0 aliphatic rings. The highest BCUT2D eigenvalue weighted by Gasteiger charge is 2.05. The van der Waals surface area contributed by atoms with Crippen molar-refractivity contribution in [3.8, 4) is 11.5 Å². The molecule has 1 heterocycles. The zero-order chi connectivity index (χ0) is 12.5. The second kappa shape index (κ2) is 7.45. The molecule has 0 saturated carbocycles. The topological polar surface area (TPSA) is 66.9 Å². The summed E-state index contributed by atoms with van der Waals surface area (Å²) in [4.78, 5) is 14.9. The van der Waals surface area contributed by atoms with Gasteiger partial charge in [-0.1, -0.05) is 0 Å². The summed E-state index contributed by atoms with van der Waals surface area (Å²) in [5.41, 5.74) is 0. The van der Waals surface area contributed by atoms with Crippen molar-refractivity contribution in [2.45, 2.75) is 6.92 Å². The molecule has 1 rings (SSSR count). The highest BCUT2D eigenvalue weighted by atomic mass is 16.7. The smallest absolute Gasteiger partial charge is 0.334 e. The third-order valence-corrected chi connectivity index (χ3v) is 1.82. The van der Waals surface area contributed by atoms with Gasteiger partial charge in [0, 0.05) is 18.9 Å². The second-order valence-electron chi connectivity index (χ2n) is 2.94. The van der Waals surface area contributed by atoms with Crippen LogP contribution in [-0.2, 0) is 14.3 Å².